The highest BCUT2D eigenvalue weighted by atomic mass is 16.6. The minimum absolute atomic E-state index is 0.155. The Balaban J connectivity index is 2.43. The lowest BCUT2D eigenvalue weighted by molar-refractivity contribution is 0.00967. The van der Waals surface area contributed by atoms with Crippen molar-refractivity contribution in [1.29, 1.82) is 0 Å². The molecule has 1 fully saturated rings. The van der Waals surface area contributed by atoms with E-state index >= 15 is 0 Å². The van der Waals surface area contributed by atoms with Gasteiger partial charge in [0.1, 0.15) is 5.60 Å². The van der Waals surface area contributed by atoms with Crippen LogP contribution in [0.4, 0.5) is 4.79 Å². The van der Waals surface area contributed by atoms with Gasteiger partial charge in [0.15, 0.2) is 0 Å². The van der Waals surface area contributed by atoms with Crippen molar-refractivity contribution < 1.29 is 9.53 Å². The molecule has 0 aromatic rings. The summed E-state index contributed by atoms with van der Waals surface area (Å²) in [6.07, 6.45) is 8.28. The second kappa shape index (κ2) is 9.39. The van der Waals surface area contributed by atoms with Crippen molar-refractivity contribution in [3.05, 3.63) is 0 Å². The first kappa shape index (κ1) is 19.3. The molecule has 1 rings (SSSR count). The quantitative estimate of drug-likeness (QED) is 0.711. The molecule has 0 spiro atoms. The van der Waals surface area contributed by atoms with Gasteiger partial charge < -0.3 is 15.0 Å². The predicted molar refractivity (Wildman–Crippen MR) is 92.2 cm³/mol. The second-order valence-corrected chi connectivity index (χ2v) is 7.63. The van der Waals surface area contributed by atoms with E-state index in [-0.39, 0.29) is 12.1 Å². The van der Waals surface area contributed by atoms with Crippen LogP contribution >= 0.6 is 0 Å². The molecule has 4 nitrogen and oxygen atoms in total. The van der Waals surface area contributed by atoms with Gasteiger partial charge in [-0.3, -0.25) is 0 Å². The molecule has 1 saturated heterocycles. The van der Waals surface area contributed by atoms with Gasteiger partial charge in [0.25, 0.3) is 0 Å². The standard InChI is InChI=1S/C18H36N2O2/c1-6-7-8-11-15(2)19-14-16-12-9-10-13-20(16)17(21)22-18(3,4)5/h15-16,19H,6-14H2,1-5H3. The fourth-order valence-corrected chi connectivity index (χ4v) is 2.91. The van der Waals surface area contributed by atoms with Gasteiger partial charge in [0, 0.05) is 25.2 Å². The number of nitrogens with zero attached hydrogens (tertiary/aromatic N) is 1. The van der Waals surface area contributed by atoms with Gasteiger partial charge in [0.2, 0.25) is 0 Å². The Hall–Kier alpha value is -0.770. The van der Waals surface area contributed by atoms with Gasteiger partial charge in [-0.05, 0) is 53.4 Å². The highest BCUT2D eigenvalue weighted by Gasteiger charge is 2.30. The monoisotopic (exact) mass is 312 g/mol. The van der Waals surface area contributed by atoms with Crippen molar-refractivity contribution in [2.75, 3.05) is 13.1 Å². The molecule has 1 N–H and O–H groups in total. The summed E-state index contributed by atoms with van der Waals surface area (Å²) in [4.78, 5) is 14.3. The molecule has 22 heavy (non-hydrogen) atoms. The zero-order valence-electron chi connectivity index (χ0n) is 15.3. The Labute approximate surface area is 137 Å². The summed E-state index contributed by atoms with van der Waals surface area (Å²) < 4.78 is 5.55. The Morgan fingerprint density at radius 1 is 1.32 bits per heavy atom. The van der Waals surface area contributed by atoms with Crippen molar-refractivity contribution >= 4 is 6.09 Å². The van der Waals surface area contributed by atoms with Crippen LogP contribution in [0, 0.1) is 0 Å². The summed E-state index contributed by atoms with van der Waals surface area (Å²) in [6.45, 7) is 12.0. The van der Waals surface area contributed by atoms with E-state index in [1.165, 1.54) is 32.1 Å². The molecule has 130 valence electrons. The topological polar surface area (TPSA) is 41.6 Å². The van der Waals surface area contributed by atoms with E-state index in [0.717, 1.165) is 25.9 Å². The summed E-state index contributed by atoms with van der Waals surface area (Å²) in [5.41, 5.74) is -0.417. The van der Waals surface area contributed by atoms with E-state index in [2.05, 4.69) is 19.2 Å². The molecule has 0 saturated carbocycles. The summed E-state index contributed by atoms with van der Waals surface area (Å²) in [5.74, 6) is 0. The van der Waals surface area contributed by atoms with Crippen LogP contribution < -0.4 is 5.32 Å². The van der Waals surface area contributed by atoms with Gasteiger partial charge in [-0.25, -0.2) is 4.79 Å². The smallest absolute Gasteiger partial charge is 0.410 e. The molecule has 0 bridgehead atoms. The molecular weight excluding hydrogens is 276 g/mol. The van der Waals surface area contributed by atoms with E-state index in [1.807, 2.05) is 25.7 Å². The molecule has 1 aliphatic rings. The lowest BCUT2D eigenvalue weighted by Crippen LogP contribution is -2.51. The molecule has 2 atom stereocenters. The maximum atomic E-state index is 12.4. The third kappa shape index (κ3) is 7.48. The second-order valence-electron chi connectivity index (χ2n) is 7.63. The van der Waals surface area contributed by atoms with Crippen molar-refractivity contribution in [1.82, 2.24) is 10.2 Å². The minimum Gasteiger partial charge on any atom is -0.444 e. The number of hydrogen-bond acceptors (Lipinski definition) is 3. The molecule has 0 aromatic heterocycles. The number of ether oxygens (including phenoxy) is 1. The number of piperidine rings is 1. The maximum Gasteiger partial charge on any atom is 0.410 e. The van der Waals surface area contributed by atoms with Crippen LogP contribution in [-0.2, 0) is 4.74 Å². The van der Waals surface area contributed by atoms with Crippen LogP contribution in [0.15, 0.2) is 0 Å². The van der Waals surface area contributed by atoms with Crippen LogP contribution in [0.1, 0.15) is 79.6 Å². The lowest BCUT2D eigenvalue weighted by atomic mass is 10.0. The number of rotatable bonds is 7. The van der Waals surface area contributed by atoms with Gasteiger partial charge in [-0.2, -0.15) is 0 Å². The molecular formula is C18H36N2O2. The minimum atomic E-state index is -0.417. The summed E-state index contributed by atoms with van der Waals surface area (Å²) >= 11 is 0. The summed E-state index contributed by atoms with van der Waals surface area (Å²) in [6, 6.07) is 0.797. The number of likely N-dealkylation sites (tertiary alicyclic amines) is 1. The Kier molecular flexibility index (Phi) is 8.23. The molecule has 1 amide bonds. The number of carbonyl (C=O) groups excluding carboxylic acids is 1. The molecule has 0 radical (unpaired) electrons. The number of nitrogens with one attached hydrogen (secondary N) is 1. The van der Waals surface area contributed by atoms with Crippen LogP contribution in [0.5, 0.6) is 0 Å². The van der Waals surface area contributed by atoms with Crippen molar-refractivity contribution in [3.8, 4) is 0 Å². The average Bonchev–Trinajstić information content (AvgIpc) is 2.44. The largest absolute Gasteiger partial charge is 0.444 e. The van der Waals surface area contributed by atoms with Gasteiger partial charge in [-0.1, -0.05) is 26.2 Å². The van der Waals surface area contributed by atoms with Crippen molar-refractivity contribution in [3.63, 3.8) is 0 Å². The normalized spacial score (nSPS) is 20.8. The average molecular weight is 312 g/mol. The first-order valence-electron chi connectivity index (χ1n) is 9.06. The first-order chi connectivity index (χ1) is 10.3. The molecule has 1 heterocycles. The van der Waals surface area contributed by atoms with Crippen molar-refractivity contribution in [2.24, 2.45) is 0 Å². The molecule has 4 heteroatoms. The summed E-state index contributed by atoms with van der Waals surface area (Å²) in [7, 11) is 0. The zero-order valence-corrected chi connectivity index (χ0v) is 15.3. The van der Waals surface area contributed by atoms with E-state index < -0.39 is 5.60 Å². The number of carbonyl (C=O) groups is 1. The molecule has 1 aliphatic heterocycles. The Morgan fingerprint density at radius 2 is 2.05 bits per heavy atom. The van der Waals surface area contributed by atoms with E-state index in [4.69, 9.17) is 4.74 Å². The maximum absolute atomic E-state index is 12.4. The zero-order chi connectivity index (χ0) is 16.6. The van der Waals surface area contributed by atoms with Crippen LogP contribution in [0.3, 0.4) is 0 Å². The highest BCUT2D eigenvalue weighted by molar-refractivity contribution is 5.68. The fraction of sp³-hybridized carbons (Fsp3) is 0.944. The van der Waals surface area contributed by atoms with Crippen molar-refractivity contribution in [2.45, 2.75) is 97.2 Å². The SMILES string of the molecule is CCCCCC(C)NCC1CCCCN1C(=O)OC(C)(C)C. The Morgan fingerprint density at radius 3 is 2.68 bits per heavy atom. The Bertz CT molecular complexity index is 326. The van der Waals surface area contributed by atoms with E-state index in [9.17, 15) is 4.79 Å². The van der Waals surface area contributed by atoms with Crippen LogP contribution in [0.25, 0.3) is 0 Å². The fourth-order valence-electron chi connectivity index (χ4n) is 2.91. The van der Waals surface area contributed by atoms with E-state index in [0.29, 0.717) is 6.04 Å². The highest BCUT2D eigenvalue weighted by Crippen LogP contribution is 2.20. The van der Waals surface area contributed by atoms with Crippen LogP contribution in [-0.4, -0.2) is 41.8 Å². The van der Waals surface area contributed by atoms with Gasteiger partial charge in [0.05, 0.1) is 0 Å². The molecule has 0 aromatic carbocycles. The first-order valence-corrected chi connectivity index (χ1v) is 9.06. The lowest BCUT2D eigenvalue weighted by Gasteiger charge is -2.37. The number of amides is 1. The number of unbranched alkanes of at least 4 members (excludes halogenated alkanes) is 2. The molecule has 0 aliphatic carbocycles. The number of hydrogen-bond donors (Lipinski definition) is 1. The van der Waals surface area contributed by atoms with Crippen LogP contribution in [0.2, 0.25) is 0 Å². The summed E-state index contributed by atoms with van der Waals surface area (Å²) in [5, 5.41) is 3.61. The third-order valence-electron chi connectivity index (χ3n) is 4.20. The predicted octanol–water partition coefficient (Wildman–Crippen LogP) is 4.33. The molecule has 2 unspecified atom stereocenters. The van der Waals surface area contributed by atoms with E-state index in [1.54, 1.807) is 0 Å². The van der Waals surface area contributed by atoms with Gasteiger partial charge in [-0.15, -0.1) is 0 Å². The third-order valence-corrected chi connectivity index (χ3v) is 4.20. The van der Waals surface area contributed by atoms with Gasteiger partial charge >= 0.3 is 6.09 Å².